The molecule has 2 aromatic rings. The number of nitrogens with one attached hydrogen (secondary N) is 1. The molecule has 2 aromatic carbocycles. The number of ether oxygens (including phenoxy) is 3. The fraction of sp³-hybridized carbons (Fsp3) is 0.211. The van der Waals surface area contributed by atoms with Gasteiger partial charge in [-0.3, -0.25) is 0 Å². The van der Waals surface area contributed by atoms with Gasteiger partial charge in [-0.1, -0.05) is 53.8 Å². The van der Waals surface area contributed by atoms with Gasteiger partial charge in [0, 0.05) is 30.7 Å². The third-order valence-corrected chi connectivity index (χ3v) is 3.73. The van der Waals surface area contributed by atoms with Crippen LogP contribution in [0.1, 0.15) is 17.5 Å². The lowest BCUT2D eigenvalue weighted by Gasteiger charge is -2.05. The van der Waals surface area contributed by atoms with E-state index in [0.29, 0.717) is 35.1 Å². The van der Waals surface area contributed by atoms with Crippen molar-refractivity contribution in [3.63, 3.8) is 0 Å². The van der Waals surface area contributed by atoms with Crippen LogP contribution >= 0.6 is 11.6 Å². The SMILES string of the molecule is O=C(NCCC#Cc1cc2c(cc1Cl)OCO2)OCc1ccccc1. The number of benzene rings is 2. The summed E-state index contributed by atoms with van der Waals surface area (Å²) in [4.78, 5) is 11.6. The molecule has 0 spiro atoms. The predicted octanol–water partition coefficient (Wildman–Crippen LogP) is 3.74. The molecule has 1 N–H and O–H groups in total. The molecular weight excluding hydrogens is 342 g/mol. The van der Waals surface area contributed by atoms with E-state index in [0.717, 1.165) is 5.56 Å². The lowest BCUT2D eigenvalue weighted by Crippen LogP contribution is -2.24. The third-order valence-electron chi connectivity index (χ3n) is 3.42. The molecule has 0 fully saturated rings. The van der Waals surface area contributed by atoms with E-state index in [1.807, 2.05) is 30.3 Å². The standard InChI is InChI=1S/C19H16ClNO4/c20-16-11-18-17(24-13-25-18)10-15(16)8-4-5-9-21-19(22)23-12-14-6-2-1-3-7-14/h1-3,6-7,10-11H,5,9,12-13H2,(H,21,22). The summed E-state index contributed by atoms with van der Waals surface area (Å²) in [6.45, 7) is 0.825. The highest BCUT2D eigenvalue weighted by Crippen LogP contribution is 2.36. The Hall–Kier alpha value is -2.84. The van der Waals surface area contributed by atoms with Gasteiger partial charge in [0.2, 0.25) is 6.79 Å². The molecule has 0 unspecified atom stereocenters. The average Bonchev–Trinajstić information content (AvgIpc) is 3.07. The zero-order valence-corrected chi connectivity index (χ0v) is 14.1. The first-order chi connectivity index (χ1) is 12.2. The Morgan fingerprint density at radius 3 is 2.76 bits per heavy atom. The number of carbonyl (C=O) groups is 1. The lowest BCUT2D eigenvalue weighted by molar-refractivity contribution is 0.140. The highest BCUT2D eigenvalue weighted by Gasteiger charge is 2.15. The van der Waals surface area contributed by atoms with Crippen LogP contribution in [0.4, 0.5) is 4.79 Å². The summed E-state index contributed by atoms with van der Waals surface area (Å²) >= 11 is 6.14. The monoisotopic (exact) mass is 357 g/mol. The molecule has 0 atom stereocenters. The molecule has 0 aliphatic carbocycles. The second kappa shape index (κ2) is 8.32. The minimum atomic E-state index is -0.466. The Kier molecular flexibility index (Phi) is 5.65. The van der Waals surface area contributed by atoms with Crippen molar-refractivity contribution in [3.8, 4) is 23.3 Å². The Bertz CT molecular complexity index is 811. The summed E-state index contributed by atoms with van der Waals surface area (Å²) in [6.07, 6.45) is 0.0114. The number of rotatable bonds is 4. The largest absolute Gasteiger partial charge is 0.454 e. The van der Waals surface area contributed by atoms with E-state index in [1.165, 1.54) is 0 Å². The lowest BCUT2D eigenvalue weighted by atomic mass is 10.2. The number of alkyl carbamates (subject to hydrolysis) is 1. The topological polar surface area (TPSA) is 56.8 Å². The Morgan fingerprint density at radius 1 is 1.20 bits per heavy atom. The zero-order chi connectivity index (χ0) is 17.5. The molecule has 0 radical (unpaired) electrons. The molecule has 1 aliphatic heterocycles. The third kappa shape index (κ3) is 4.82. The summed E-state index contributed by atoms with van der Waals surface area (Å²) in [5, 5.41) is 3.16. The minimum Gasteiger partial charge on any atom is -0.454 e. The molecule has 1 amide bonds. The summed E-state index contributed by atoms with van der Waals surface area (Å²) in [6, 6.07) is 12.9. The van der Waals surface area contributed by atoms with Crippen molar-refractivity contribution in [2.24, 2.45) is 0 Å². The molecule has 5 nitrogen and oxygen atoms in total. The normalized spacial score (nSPS) is 11.4. The number of fused-ring (bicyclic) bond motifs is 1. The first-order valence-electron chi connectivity index (χ1n) is 7.75. The molecule has 3 rings (SSSR count). The smallest absolute Gasteiger partial charge is 0.407 e. The van der Waals surface area contributed by atoms with Gasteiger partial charge < -0.3 is 19.5 Å². The fourth-order valence-electron chi connectivity index (χ4n) is 2.17. The van der Waals surface area contributed by atoms with Crippen molar-refractivity contribution < 1.29 is 19.0 Å². The van der Waals surface area contributed by atoms with E-state index in [4.69, 9.17) is 25.8 Å². The van der Waals surface area contributed by atoms with Gasteiger partial charge in [-0.25, -0.2) is 4.79 Å². The van der Waals surface area contributed by atoms with E-state index < -0.39 is 6.09 Å². The molecular formula is C19H16ClNO4. The maximum absolute atomic E-state index is 11.6. The maximum Gasteiger partial charge on any atom is 0.407 e. The first kappa shape index (κ1) is 17.0. The second-order valence-electron chi connectivity index (χ2n) is 5.23. The van der Waals surface area contributed by atoms with E-state index in [1.54, 1.807) is 12.1 Å². The van der Waals surface area contributed by atoms with Gasteiger partial charge in [0.05, 0.1) is 5.02 Å². The predicted molar refractivity (Wildman–Crippen MR) is 93.7 cm³/mol. The minimum absolute atomic E-state index is 0.192. The van der Waals surface area contributed by atoms with Crippen LogP contribution in [-0.2, 0) is 11.3 Å². The Labute approximate surface area is 150 Å². The summed E-state index contributed by atoms with van der Waals surface area (Å²) in [7, 11) is 0. The highest BCUT2D eigenvalue weighted by molar-refractivity contribution is 6.32. The Morgan fingerprint density at radius 2 is 1.96 bits per heavy atom. The van der Waals surface area contributed by atoms with Crippen molar-refractivity contribution in [2.75, 3.05) is 13.3 Å². The summed E-state index contributed by atoms with van der Waals surface area (Å²) in [5.74, 6) is 7.19. The zero-order valence-electron chi connectivity index (χ0n) is 13.4. The van der Waals surface area contributed by atoms with E-state index in [2.05, 4.69) is 17.2 Å². The van der Waals surface area contributed by atoms with Crippen LogP contribution < -0.4 is 14.8 Å². The van der Waals surface area contributed by atoms with Gasteiger partial charge in [0.25, 0.3) is 0 Å². The van der Waals surface area contributed by atoms with Crippen molar-refractivity contribution in [1.29, 1.82) is 0 Å². The number of halogens is 1. The van der Waals surface area contributed by atoms with Gasteiger partial charge >= 0.3 is 6.09 Å². The van der Waals surface area contributed by atoms with Gasteiger partial charge in [0.15, 0.2) is 11.5 Å². The summed E-state index contributed by atoms with van der Waals surface area (Å²) < 4.78 is 15.6. The molecule has 0 bridgehead atoms. The van der Waals surface area contributed by atoms with E-state index >= 15 is 0 Å². The average molecular weight is 358 g/mol. The number of hydrogen-bond acceptors (Lipinski definition) is 4. The molecule has 0 saturated carbocycles. The van der Waals surface area contributed by atoms with Gasteiger partial charge in [-0.15, -0.1) is 0 Å². The van der Waals surface area contributed by atoms with Crippen LogP contribution in [0.15, 0.2) is 42.5 Å². The van der Waals surface area contributed by atoms with E-state index in [9.17, 15) is 4.79 Å². The molecule has 0 aromatic heterocycles. The van der Waals surface area contributed by atoms with Crippen molar-refractivity contribution in [1.82, 2.24) is 5.32 Å². The highest BCUT2D eigenvalue weighted by atomic mass is 35.5. The van der Waals surface area contributed by atoms with Gasteiger partial charge in [0.1, 0.15) is 6.61 Å². The van der Waals surface area contributed by atoms with Crippen LogP contribution in [0.2, 0.25) is 5.02 Å². The molecule has 128 valence electrons. The van der Waals surface area contributed by atoms with Crippen LogP contribution in [0.25, 0.3) is 0 Å². The molecule has 0 saturated heterocycles. The van der Waals surface area contributed by atoms with Crippen molar-refractivity contribution >= 4 is 17.7 Å². The van der Waals surface area contributed by atoms with Crippen molar-refractivity contribution in [3.05, 3.63) is 58.6 Å². The van der Waals surface area contributed by atoms with Crippen LogP contribution in [-0.4, -0.2) is 19.4 Å². The van der Waals surface area contributed by atoms with E-state index in [-0.39, 0.29) is 13.4 Å². The number of carbonyl (C=O) groups excluding carboxylic acids is 1. The van der Waals surface area contributed by atoms with Crippen LogP contribution in [0.5, 0.6) is 11.5 Å². The molecule has 1 heterocycles. The Balaban J connectivity index is 1.42. The first-order valence-corrected chi connectivity index (χ1v) is 8.13. The van der Waals surface area contributed by atoms with Gasteiger partial charge in [-0.2, -0.15) is 0 Å². The van der Waals surface area contributed by atoms with Crippen LogP contribution in [0, 0.1) is 11.8 Å². The number of amides is 1. The van der Waals surface area contributed by atoms with Gasteiger partial charge in [-0.05, 0) is 5.56 Å². The molecule has 6 heteroatoms. The summed E-state index contributed by atoms with van der Waals surface area (Å²) in [5.41, 5.74) is 1.60. The second-order valence-corrected chi connectivity index (χ2v) is 5.63. The molecule has 25 heavy (non-hydrogen) atoms. The number of hydrogen-bond donors (Lipinski definition) is 1. The fourth-order valence-corrected chi connectivity index (χ4v) is 2.37. The van der Waals surface area contributed by atoms with Crippen molar-refractivity contribution in [2.45, 2.75) is 13.0 Å². The molecule has 1 aliphatic rings. The quantitative estimate of drug-likeness (QED) is 0.669. The maximum atomic E-state index is 11.6. The van der Waals surface area contributed by atoms with Crippen LogP contribution in [0.3, 0.4) is 0 Å².